The molecule has 0 aliphatic heterocycles. The molecular formula is C17H28O2. The summed E-state index contributed by atoms with van der Waals surface area (Å²) in [5, 5.41) is 0. The molecular weight excluding hydrogens is 236 g/mol. The molecule has 0 heterocycles. The van der Waals surface area contributed by atoms with Gasteiger partial charge in [-0.05, 0) is 43.9 Å². The lowest BCUT2D eigenvalue weighted by molar-refractivity contribution is -0.133. The Hall–Kier alpha value is -0.920. The highest BCUT2D eigenvalue weighted by Crippen LogP contribution is 2.63. The van der Waals surface area contributed by atoms with Crippen LogP contribution in [-0.4, -0.2) is 11.6 Å². The zero-order chi connectivity index (χ0) is 14.8. The summed E-state index contributed by atoms with van der Waals surface area (Å²) in [7, 11) is 0. The molecule has 2 heteroatoms. The number of hydrogen-bond acceptors (Lipinski definition) is 2. The van der Waals surface area contributed by atoms with E-state index < -0.39 is 0 Å². The van der Waals surface area contributed by atoms with Crippen LogP contribution < -0.4 is 0 Å². The fraction of sp³-hybridized carbons (Fsp3) is 0.765. The van der Waals surface area contributed by atoms with Crippen molar-refractivity contribution in [1.82, 2.24) is 0 Å². The molecule has 2 bridgehead atoms. The van der Waals surface area contributed by atoms with Gasteiger partial charge in [-0.15, -0.1) is 0 Å². The zero-order valence-corrected chi connectivity index (χ0v) is 13.2. The third-order valence-electron chi connectivity index (χ3n) is 5.42. The molecule has 0 amide bonds. The van der Waals surface area contributed by atoms with E-state index >= 15 is 0 Å². The fourth-order valence-electron chi connectivity index (χ4n) is 3.59. The summed E-state index contributed by atoms with van der Waals surface area (Å²) in [6.07, 6.45) is 7.45. The van der Waals surface area contributed by atoms with Crippen LogP contribution in [0.4, 0.5) is 0 Å². The van der Waals surface area contributed by atoms with Gasteiger partial charge < -0.3 is 4.79 Å². The van der Waals surface area contributed by atoms with Gasteiger partial charge in [-0.3, -0.25) is 4.79 Å². The van der Waals surface area contributed by atoms with Crippen molar-refractivity contribution in [3.8, 4) is 0 Å². The molecule has 1 unspecified atom stereocenters. The van der Waals surface area contributed by atoms with Gasteiger partial charge in [-0.25, -0.2) is 0 Å². The van der Waals surface area contributed by atoms with E-state index in [1.54, 1.807) is 13.8 Å². The van der Waals surface area contributed by atoms with Crippen molar-refractivity contribution in [2.24, 2.45) is 22.7 Å². The van der Waals surface area contributed by atoms with Crippen LogP contribution in [-0.2, 0) is 9.59 Å². The molecule has 2 rings (SSSR count). The summed E-state index contributed by atoms with van der Waals surface area (Å²) in [5.41, 5.74) is 0.0324. The van der Waals surface area contributed by atoms with Gasteiger partial charge in [0.05, 0.1) is 0 Å². The van der Waals surface area contributed by atoms with Gasteiger partial charge in [0.15, 0.2) is 0 Å². The van der Waals surface area contributed by atoms with E-state index in [1.807, 2.05) is 6.92 Å². The molecule has 0 radical (unpaired) electrons. The molecule has 0 spiro atoms. The highest BCUT2D eigenvalue weighted by Gasteiger charge is 2.60. The summed E-state index contributed by atoms with van der Waals surface area (Å²) in [4.78, 5) is 21.8. The standard InChI is InChI=1S/C12H18O.C5H10O/c1-8(13)12(4)10-6-5-9(7-10)11(12,2)3;1-3-4-5(2)6/h5-6,9-10H,7H2,1-4H3;3-4H2,1-2H3/t9-,10+,12?;/m0./s1. The Morgan fingerprint density at radius 2 is 1.63 bits per heavy atom. The van der Waals surface area contributed by atoms with Crippen LogP contribution in [0.5, 0.6) is 0 Å². The van der Waals surface area contributed by atoms with E-state index in [2.05, 4.69) is 32.9 Å². The van der Waals surface area contributed by atoms with Gasteiger partial charge in [0.1, 0.15) is 11.6 Å². The summed E-state index contributed by atoms with van der Waals surface area (Å²) in [5.74, 6) is 1.75. The van der Waals surface area contributed by atoms with Crippen LogP contribution >= 0.6 is 0 Å². The van der Waals surface area contributed by atoms with Crippen LogP contribution in [0.15, 0.2) is 12.2 Å². The van der Waals surface area contributed by atoms with Crippen molar-refractivity contribution in [3.05, 3.63) is 12.2 Å². The summed E-state index contributed by atoms with van der Waals surface area (Å²) >= 11 is 0. The normalized spacial score (nSPS) is 33.8. The Bertz CT molecular complexity index is 392. The number of hydrogen-bond donors (Lipinski definition) is 0. The van der Waals surface area contributed by atoms with Gasteiger partial charge in [-0.2, -0.15) is 0 Å². The predicted molar refractivity (Wildman–Crippen MR) is 78.9 cm³/mol. The highest BCUT2D eigenvalue weighted by atomic mass is 16.1. The Morgan fingerprint density at radius 3 is 1.84 bits per heavy atom. The van der Waals surface area contributed by atoms with E-state index in [-0.39, 0.29) is 16.6 Å². The smallest absolute Gasteiger partial charge is 0.136 e. The molecule has 3 atom stereocenters. The van der Waals surface area contributed by atoms with Gasteiger partial charge in [0, 0.05) is 11.8 Å². The maximum Gasteiger partial charge on any atom is 0.136 e. The Morgan fingerprint density at radius 1 is 1.11 bits per heavy atom. The van der Waals surface area contributed by atoms with Crippen molar-refractivity contribution >= 4 is 11.6 Å². The predicted octanol–water partition coefficient (Wildman–Crippen LogP) is 4.19. The van der Waals surface area contributed by atoms with Gasteiger partial charge in [0.2, 0.25) is 0 Å². The second kappa shape index (κ2) is 5.60. The minimum absolute atomic E-state index is 0.119. The second-order valence-electron chi connectivity index (χ2n) is 6.77. The molecule has 1 saturated carbocycles. The van der Waals surface area contributed by atoms with Crippen LogP contribution in [0.1, 0.15) is 60.8 Å². The number of allylic oxidation sites excluding steroid dienone is 2. The molecule has 19 heavy (non-hydrogen) atoms. The van der Waals surface area contributed by atoms with Crippen LogP contribution in [0.3, 0.4) is 0 Å². The molecule has 0 aromatic rings. The first-order valence-electron chi connectivity index (χ1n) is 7.36. The van der Waals surface area contributed by atoms with E-state index in [1.165, 1.54) is 6.42 Å². The summed E-state index contributed by atoms with van der Waals surface area (Å²) < 4.78 is 0. The van der Waals surface area contributed by atoms with E-state index in [4.69, 9.17) is 0 Å². The minimum Gasteiger partial charge on any atom is -0.300 e. The topological polar surface area (TPSA) is 34.1 Å². The summed E-state index contributed by atoms with van der Waals surface area (Å²) in [6.45, 7) is 12.0. The quantitative estimate of drug-likeness (QED) is 0.716. The lowest BCUT2D eigenvalue weighted by atomic mass is 9.59. The first-order valence-corrected chi connectivity index (χ1v) is 7.36. The zero-order valence-electron chi connectivity index (χ0n) is 13.2. The van der Waals surface area contributed by atoms with E-state index in [0.29, 0.717) is 17.6 Å². The third-order valence-corrected chi connectivity index (χ3v) is 5.42. The number of carbonyl (C=O) groups is 2. The monoisotopic (exact) mass is 264 g/mol. The molecule has 0 aromatic heterocycles. The fourth-order valence-corrected chi connectivity index (χ4v) is 3.59. The average Bonchev–Trinajstić information content (AvgIpc) is 2.82. The van der Waals surface area contributed by atoms with Gasteiger partial charge in [0.25, 0.3) is 0 Å². The van der Waals surface area contributed by atoms with Gasteiger partial charge in [-0.1, -0.05) is 39.8 Å². The van der Waals surface area contributed by atoms with Crippen molar-refractivity contribution in [3.63, 3.8) is 0 Å². The number of carbonyl (C=O) groups excluding carboxylic acids is 2. The van der Waals surface area contributed by atoms with Crippen molar-refractivity contribution in [2.75, 3.05) is 0 Å². The Kier molecular flexibility index (Phi) is 4.76. The molecule has 108 valence electrons. The molecule has 2 nitrogen and oxygen atoms in total. The lowest BCUT2D eigenvalue weighted by Crippen LogP contribution is -2.44. The maximum absolute atomic E-state index is 11.7. The maximum atomic E-state index is 11.7. The summed E-state index contributed by atoms with van der Waals surface area (Å²) in [6, 6.07) is 0. The number of ketones is 2. The Balaban J connectivity index is 0.000000258. The van der Waals surface area contributed by atoms with E-state index in [9.17, 15) is 9.59 Å². The third kappa shape index (κ3) is 2.68. The minimum atomic E-state index is -0.119. The van der Waals surface area contributed by atoms with Crippen LogP contribution in [0.2, 0.25) is 0 Å². The molecule has 1 fully saturated rings. The van der Waals surface area contributed by atoms with Crippen molar-refractivity contribution < 1.29 is 9.59 Å². The van der Waals surface area contributed by atoms with Crippen LogP contribution in [0.25, 0.3) is 0 Å². The van der Waals surface area contributed by atoms with Crippen molar-refractivity contribution in [2.45, 2.75) is 60.8 Å². The molecule has 2 aliphatic rings. The Labute approximate surface area is 117 Å². The first-order chi connectivity index (χ1) is 8.67. The van der Waals surface area contributed by atoms with Gasteiger partial charge >= 0.3 is 0 Å². The van der Waals surface area contributed by atoms with Crippen LogP contribution in [0, 0.1) is 22.7 Å². The second-order valence-corrected chi connectivity index (χ2v) is 6.77. The number of Topliss-reactive ketones (excluding diaryl/α,β-unsaturated/α-hetero) is 2. The SMILES string of the molecule is CC(=O)C1(C)[C@@H]2C=C[C@@H](C2)C1(C)C.CCCC(C)=O. The van der Waals surface area contributed by atoms with E-state index in [0.717, 1.165) is 12.8 Å². The number of fused-ring (bicyclic) bond motifs is 2. The first kappa shape index (κ1) is 16.1. The molecule has 0 N–H and O–H groups in total. The molecule has 0 aromatic carbocycles. The molecule has 2 aliphatic carbocycles. The largest absolute Gasteiger partial charge is 0.300 e. The van der Waals surface area contributed by atoms with Crippen molar-refractivity contribution in [1.29, 1.82) is 0 Å². The average molecular weight is 264 g/mol. The highest BCUT2D eigenvalue weighted by molar-refractivity contribution is 5.84. The molecule has 0 saturated heterocycles. The number of rotatable bonds is 3. The lowest BCUT2D eigenvalue weighted by Gasteiger charge is -2.43.